The number of nitro benzene ring substituents is 1. The molecule has 2 aromatic rings. The molecule has 0 spiro atoms. The van der Waals surface area contributed by atoms with Gasteiger partial charge in [0.15, 0.2) is 11.6 Å². The van der Waals surface area contributed by atoms with E-state index in [-0.39, 0.29) is 11.3 Å². The van der Waals surface area contributed by atoms with Crippen LogP contribution in [-0.2, 0) is 9.53 Å². The topological polar surface area (TPSA) is 108 Å². The molecule has 1 saturated carbocycles. The monoisotopic (exact) mass is 458 g/mol. The molecular formula is C24H27FN2O6. The van der Waals surface area contributed by atoms with Crippen molar-refractivity contribution in [1.29, 1.82) is 0 Å². The minimum Gasteiger partial charge on any atom is -0.494 e. The summed E-state index contributed by atoms with van der Waals surface area (Å²) >= 11 is 0. The maximum Gasteiger partial charge on any atom is 0.331 e. The average Bonchev–Trinajstić information content (AvgIpc) is 2.79. The van der Waals surface area contributed by atoms with Crippen molar-refractivity contribution in [3.63, 3.8) is 0 Å². The van der Waals surface area contributed by atoms with Crippen LogP contribution in [0.1, 0.15) is 55.3 Å². The summed E-state index contributed by atoms with van der Waals surface area (Å²) in [4.78, 5) is 36.9. The van der Waals surface area contributed by atoms with E-state index in [1.165, 1.54) is 44.6 Å². The quantitative estimate of drug-likeness (QED) is 0.379. The molecule has 3 rings (SSSR count). The van der Waals surface area contributed by atoms with E-state index in [9.17, 15) is 24.1 Å². The van der Waals surface area contributed by atoms with Gasteiger partial charge in [-0.15, -0.1) is 0 Å². The number of nitrogens with one attached hydrogen (secondary N) is 1. The van der Waals surface area contributed by atoms with Gasteiger partial charge in [0.1, 0.15) is 11.1 Å². The fourth-order valence-corrected chi connectivity index (χ4v) is 4.27. The molecule has 0 atom stereocenters. The predicted molar refractivity (Wildman–Crippen MR) is 120 cm³/mol. The number of nitrogens with zero attached hydrogens (tertiary/aromatic N) is 1. The van der Waals surface area contributed by atoms with Crippen LogP contribution in [0.2, 0.25) is 0 Å². The molecule has 8 nitrogen and oxygen atoms in total. The maximum atomic E-state index is 14.1. The summed E-state index contributed by atoms with van der Waals surface area (Å²) in [5.74, 6) is -1.83. The summed E-state index contributed by atoms with van der Waals surface area (Å²) in [6.07, 6.45) is 5.21. The third-order valence-electron chi connectivity index (χ3n) is 6.06. The molecule has 1 aliphatic carbocycles. The number of hydrogen-bond donors (Lipinski definition) is 1. The van der Waals surface area contributed by atoms with Crippen molar-refractivity contribution in [1.82, 2.24) is 5.32 Å². The third kappa shape index (κ3) is 5.30. The van der Waals surface area contributed by atoms with Crippen LogP contribution in [0, 0.1) is 15.9 Å². The largest absolute Gasteiger partial charge is 0.494 e. The first-order valence-corrected chi connectivity index (χ1v) is 10.8. The van der Waals surface area contributed by atoms with Gasteiger partial charge < -0.3 is 14.8 Å². The molecule has 0 aliphatic heterocycles. The van der Waals surface area contributed by atoms with Crippen molar-refractivity contribution >= 4 is 17.6 Å². The molecule has 0 radical (unpaired) electrons. The van der Waals surface area contributed by atoms with Crippen LogP contribution < -0.4 is 10.1 Å². The predicted octanol–water partition coefficient (Wildman–Crippen LogP) is 4.80. The molecule has 0 unspecified atom stereocenters. The first-order chi connectivity index (χ1) is 15.8. The number of hydrogen-bond acceptors (Lipinski definition) is 6. The van der Waals surface area contributed by atoms with E-state index in [0.717, 1.165) is 32.1 Å². The molecule has 1 fully saturated rings. The molecule has 2 aromatic carbocycles. The number of carbonyl (C=O) groups is 2. The number of carbonyl (C=O) groups excluding carboxylic acids is 2. The second-order valence-electron chi connectivity index (χ2n) is 8.13. The van der Waals surface area contributed by atoms with Crippen molar-refractivity contribution in [2.24, 2.45) is 0 Å². The lowest BCUT2D eigenvalue weighted by Gasteiger charge is -2.33. The Morgan fingerprint density at radius 1 is 1.00 bits per heavy atom. The summed E-state index contributed by atoms with van der Waals surface area (Å²) in [6, 6.07) is 8.25. The Bertz CT molecular complexity index is 1050. The highest BCUT2D eigenvalue weighted by Crippen LogP contribution is 2.32. The zero-order chi connectivity index (χ0) is 24.0. The standard InChI is InChI=1S/C24H27FN2O6/c1-32-21-11-9-16(14-19(21)25)17-8-10-18(20(15-17)27(30)31)22(28)26-24(23(29)33-2)12-6-4-3-5-7-13-24/h8-11,14-15H,3-7,12-13H2,1-2H3,(H,26,28). The first-order valence-electron chi connectivity index (χ1n) is 10.8. The van der Waals surface area contributed by atoms with Gasteiger partial charge in [-0.1, -0.05) is 44.2 Å². The molecular weight excluding hydrogens is 431 g/mol. The number of ether oxygens (including phenoxy) is 2. The number of rotatable bonds is 6. The molecule has 1 N–H and O–H groups in total. The minimum absolute atomic E-state index is 0.0524. The number of esters is 1. The van der Waals surface area contributed by atoms with Crippen molar-refractivity contribution < 1.29 is 28.4 Å². The van der Waals surface area contributed by atoms with Gasteiger partial charge in [-0.25, -0.2) is 9.18 Å². The summed E-state index contributed by atoms with van der Waals surface area (Å²) in [6.45, 7) is 0. The van der Waals surface area contributed by atoms with E-state index < -0.39 is 33.8 Å². The highest BCUT2D eigenvalue weighted by molar-refractivity contribution is 6.01. The molecule has 0 heterocycles. The van der Waals surface area contributed by atoms with Gasteiger partial charge in [-0.2, -0.15) is 0 Å². The Kier molecular flexibility index (Phi) is 7.63. The highest BCUT2D eigenvalue weighted by atomic mass is 19.1. The van der Waals surface area contributed by atoms with Crippen LogP contribution in [0.3, 0.4) is 0 Å². The van der Waals surface area contributed by atoms with Crippen LogP contribution >= 0.6 is 0 Å². The summed E-state index contributed by atoms with van der Waals surface area (Å²) in [5.41, 5.74) is -1.07. The van der Waals surface area contributed by atoms with Gasteiger partial charge in [-0.3, -0.25) is 14.9 Å². The van der Waals surface area contributed by atoms with E-state index in [1.807, 2.05) is 0 Å². The lowest BCUT2D eigenvalue weighted by molar-refractivity contribution is -0.385. The second kappa shape index (κ2) is 10.4. The molecule has 0 saturated heterocycles. The van der Waals surface area contributed by atoms with Crippen LogP contribution in [0.5, 0.6) is 5.75 Å². The number of benzene rings is 2. The number of amides is 1. The average molecular weight is 458 g/mol. The van der Waals surface area contributed by atoms with E-state index in [2.05, 4.69) is 5.32 Å². The van der Waals surface area contributed by atoms with Gasteiger partial charge in [0.05, 0.1) is 19.1 Å². The SMILES string of the molecule is COC(=O)C1(NC(=O)c2ccc(-c3ccc(OC)c(F)c3)cc2[N+](=O)[O-])CCCCCCC1. The van der Waals surface area contributed by atoms with Crippen LogP contribution in [-0.4, -0.2) is 36.6 Å². The Morgan fingerprint density at radius 2 is 1.61 bits per heavy atom. The van der Waals surface area contributed by atoms with Gasteiger partial charge >= 0.3 is 5.97 Å². The Labute approximate surface area is 191 Å². The Hall–Kier alpha value is -3.49. The summed E-state index contributed by atoms with van der Waals surface area (Å²) in [7, 11) is 2.60. The van der Waals surface area contributed by atoms with Crippen LogP contribution in [0.25, 0.3) is 11.1 Å². The van der Waals surface area contributed by atoms with E-state index in [1.54, 1.807) is 6.07 Å². The molecule has 0 bridgehead atoms. The second-order valence-corrected chi connectivity index (χ2v) is 8.13. The molecule has 9 heteroatoms. The number of halogens is 1. The fourth-order valence-electron chi connectivity index (χ4n) is 4.27. The highest BCUT2D eigenvalue weighted by Gasteiger charge is 2.41. The van der Waals surface area contributed by atoms with Gasteiger partial charge in [0.2, 0.25) is 0 Å². The van der Waals surface area contributed by atoms with Crippen LogP contribution in [0.4, 0.5) is 10.1 Å². The lowest BCUT2D eigenvalue weighted by Crippen LogP contribution is -2.55. The van der Waals surface area contributed by atoms with E-state index in [4.69, 9.17) is 9.47 Å². The maximum absolute atomic E-state index is 14.1. The third-order valence-corrected chi connectivity index (χ3v) is 6.06. The fraction of sp³-hybridized carbons (Fsp3) is 0.417. The van der Waals surface area contributed by atoms with Gasteiger partial charge in [-0.05, 0) is 42.2 Å². The van der Waals surface area contributed by atoms with Crippen molar-refractivity contribution in [3.8, 4) is 16.9 Å². The zero-order valence-electron chi connectivity index (χ0n) is 18.7. The molecule has 33 heavy (non-hydrogen) atoms. The lowest BCUT2D eigenvalue weighted by atomic mass is 9.83. The number of nitro groups is 1. The summed E-state index contributed by atoms with van der Waals surface area (Å²) < 4.78 is 24.0. The Morgan fingerprint density at radius 3 is 2.18 bits per heavy atom. The van der Waals surface area contributed by atoms with Crippen molar-refractivity contribution in [3.05, 3.63) is 57.9 Å². The van der Waals surface area contributed by atoms with Crippen molar-refractivity contribution in [2.45, 2.75) is 50.5 Å². The van der Waals surface area contributed by atoms with Crippen molar-refractivity contribution in [2.75, 3.05) is 14.2 Å². The normalized spacial score (nSPS) is 15.6. The molecule has 176 valence electrons. The zero-order valence-corrected chi connectivity index (χ0v) is 18.7. The molecule has 0 aromatic heterocycles. The molecule has 1 aliphatic rings. The smallest absolute Gasteiger partial charge is 0.331 e. The van der Waals surface area contributed by atoms with Crippen LogP contribution in [0.15, 0.2) is 36.4 Å². The van der Waals surface area contributed by atoms with E-state index in [0.29, 0.717) is 24.0 Å². The van der Waals surface area contributed by atoms with E-state index >= 15 is 0 Å². The van der Waals surface area contributed by atoms with Gasteiger partial charge in [0, 0.05) is 6.07 Å². The minimum atomic E-state index is -1.22. The molecule has 1 amide bonds. The summed E-state index contributed by atoms with van der Waals surface area (Å²) in [5, 5.41) is 14.5. The Balaban J connectivity index is 1.95. The number of methoxy groups -OCH3 is 2. The van der Waals surface area contributed by atoms with Gasteiger partial charge in [0.25, 0.3) is 11.6 Å². The first kappa shape index (κ1) is 24.2.